The van der Waals surface area contributed by atoms with E-state index in [0.29, 0.717) is 4.90 Å². The third-order valence-electron chi connectivity index (χ3n) is 1.91. The monoisotopic (exact) mass is 255 g/mol. The van der Waals surface area contributed by atoms with Crippen LogP contribution in [0.1, 0.15) is 10.5 Å². The quantitative estimate of drug-likeness (QED) is 0.717. The maximum Gasteiger partial charge on any atom is 0.323 e. The molecule has 0 aliphatic heterocycles. The van der Waals surface area contributed by atoms with Gasteiger partial charge in [-0.2, -0.15) is 0 Å². The number of halogens is 1. The molecule has 0 aliphatic carbocycles. The molecule has 0 bridgehead atoms. The van der Waals surface area contributed by atoms with Gasteiger partial charge in [-0.25, -0.2) is 9.37 Å². The number of aliphatic carboxylic acids is 1. The molecule has 96 valence electrons. The highest BCUT2D eigenvalue weighted by Gasteiger charge is 2.21. The summed E-state index contributed by atoms with van der Waals surface area (Å²) in [5.74, 6) is -3.60. The number of carboxylic acid groups (broad SMARTS) is 1. The lowest BCUT2D eigenvalue weighted by Crippen LogP contribution is -2.41. The van der Waals surface area contributed by atoms with Gasteiger partial charge in [-0.1, -0.05) is 0 Å². The lowest BCUT2D eigenvalue weighted by atomic mass is 10.3. The molecule has 0 aliphatic rings. The van der Waals surface area contributed by atoms with Crippen LogP contribution in [-0.2, 0) is 9.59 Å². The van der Waals surface area contributed by atoms with Crippen LogP contribution in [0, 0.1) is 5.82 Å². The van der Waals surface area contributed by atoms with Crippen LogP contribution in [-0.4, -0.2) is 45.9 Å². The van der Waals surface area contributed by atoms with Crippen LogP contribution in [0.3, 0.4) is 0 Å². The summed E-state index contributed by atoms with van der Waals surface area (Å²) < 4.78 is 12.6. The number of nitrogens with two attached hydrogens (primary N) is 1. The Kier molecular flexibility index (Phi) is 4.30. The molecule has 0 saturated carbocycles. The first-order valence-corrected chi connectivity index (χ1v) is 4.81. The number of carbonyl (C=O) groups is 3. The van der Waals surface area contributed by atoms with Crippen molar-refractivity contribution in [3.8, 4) is 0 Å². The predicted molar refractivity (Wildman–Crippen MR) is 56.9 cm³/mol. The third kappa shape index (κ3) is 3.81. The maximum atomic E-state index is 12.6. The van der Waals surface area contributed by atoms with Crippen LogP contribution >= 0.6 is 0 Å². The van der Waals surface area contributed by atoms with Crippen LogP contribution in [0.5, 0.6) is 0 Å². The molecule has 0 spiro atoms. The van der Waals surface area contributed by atoms with Gasteiger partial charge in [0.1, 0.15) is 24.6 Å². The zero-order valence-electron chi connectivity index (χ0n) is 9.17. The molecule has 0 radical (unpaired) electrons. The molecular weight excluding hydrogens is 245 g/mol. The molecule has 0 unspecified atom stereocenters. The highest BCUT2D eigenvalue weighted by Crippen LogP contribution is 2.03. The fourth-order valence-electron chi connectivity index (χ4n) is 1.22. The average Bonchev–Trinajstić information content (AvgIpc) is 2.27. The first-order valence-electron chi connectivity index (χ1n) is 4.81. The van der Waals surface area contributed by atoms with Crippen LogP contribution in [0.25, 0.3) is 0 Å². The van der Waals surface area contributed by atoms with Gasteiger partial charge in [0.2, 0.25) is 5.91 Å². The molecule has 0 atom stereocenters. The van der Waals surface area contributed by atoms with Crippen LogP contribution in [0.2, 0.25) is 0 Å². The van der Waals surface area contributed by atoms with Gasteiger partial charge >= 0.3 is 5.97 Å². The summed E-state index contributed by atoms with van der Waals surface area (Å²) in [6.07, 6.45) is 0.816. The summed E-state index contributed by atoms with van der Waals surface area (Å²) in [5.41, 5.74) is 4.74. The number of pyridine rings is 1. The van der Waals surface area contributed by atoms with Crippen molar-refractivity contribution in [1.29, 1.82) is 0 Å². The van der Waals surface area contributed by atoms with Crippen molar-refractivity contribution in [3.05, 3.63) is 29.8 Å². The summed E-state index contributed by atoms with van der Waals surface area (Å²) >= 11 is 0. The normalized spacial score (nSPS) is 9.83. The summed E-state index contributed by atoms with van der Waals surface area (Å²) in [7, 11) is 0. The molecule has 18 heavy (non-hydrogen) atoms. The van der Waals surface area contributed by atoms with Crippen molar-refractivity contribution in [2.24, 2.45) is 5.73 Å². The van der Waals surface area contributed by atoms with E-state index in [1.165, 1.54) is 0 Å². The minimum Gasteiger partial charge on any atom is -0.480 e. The van der Waals surface area contributed by atoms with E-state index in [-0.39, 0.29) is 5.69 Å². The second kappa shape index (κ2) is 5.71. The first-order chi connectivity index (χ1) is 8.40. The molecule has 1 aromatic rings. The predicted octanol–water partition coefficient (Wildman–Crippen LogP) is -0.767. The summed E-state index contributed by atoms with van der Waals surface area (Å²) in [5, 5.41) is 8.61. The Hall–Kier alpha value is -2.51. The van der Waals surface area contributed by atoms with E-state index in [4.69, 9.17) is 10.8 Å². The molecule has 0 fully saturated rings. The van der Waals surface area contributed by atoms with Crippen molar-refractivity contribution in [1.82, 2.24) is 9.88 Å². The van der Waals surface area contributed by atoms with Crippen LogP contribution < -0.4 is 5.73 Å². The lowest BCUT2D eigenvalue weighted by molar-refractivity contribution is -0.138. The minimum absolute atomic E-state index is 0.168. The van der Waals surface area contributed by atoms with E-state index in [9.17, 15) is 18.8 Å². The second-order valence-corrected chi connectivity index (χ2v) is 3.38. The Labute approximate surface area is 101 Å². The molecule has 3 N–H and O–H groups in total. The standard InChI is InChI=1S/C10H10FN3O4/c11-6-1-2-7(13-3-6)10(18)14(4-8(12)15)5-9(16)17/h1-3H,4-5H2,(H2,12,15)(H,16,17). The van der Waals surface area contributed by atoms with Gasteiger partial charge in [0.05, 0.1) is 6.20 Å². The Bertz CT molecular complexity index is 459. The first kappa shape index (κ1) is 13.6. The Balaban J connectivity index is 2.90. The van der Waals surface area contributed by atoms with Gasteiger partial charge in [0, 0.05) is 0 Å². The Morgan fingerprint density at radius 2 is 2.00 bits per heavy atom. The van der Waals surface area contributed by atoms with E-state index < -0.39 is 36.7 Å². The molecule has 7 nitrogen and oxygen atoms in total. The molecule has 1 aromatic heterocycles. The van der Waals surface area contributed by atoms with Crippen molar-refractivity contribution in [2.75, 3.05) is 13.1 Å². The largest absolute Gasteiger partial charge is 0.480 e. The number of primary amides is 1. The van der Waals surface area contributed by atoms with Gasteiger partial charge in [0.15, 0.2) is 0 Å². The number of carbonyl (C=O) groups excluding carboxylic acids is 2. The SMILES string of the molecule is NC(=O)CN(CC(=O)O)C(=O)c1ccc(F)cn1. The third-order valence-corrected chi connectivity index (χ3v) is 1.91. The molecule has 0 saturated heterocycles. The highest BCUT2D eigenvalue weighted by atomic mass is 19.1. The van der Waals surface area contributed by atoms with Gasteiger partial charge in [-0.3, -0.25) is 14.4 Å². The van der Waals surface area contributed by atoms with Gasteiger partial charge in [-0.05, 0) is 12.1 Å². The number of carboxylic acids is 1. The number of hydrogen-bond donors (Lipinski definition) is 2. The number of rotatable bonds is 5. The summed E-state index contributed by atoms with van der Waals surface area (Å²) in [4.78, 5) is 37.3. The van der Waals surface area contributed by atoms with Crippen molar-refractivity contribution >= 4 is 17.8 Å². The number of nitrogens with zero attached hydrogens (tertiary/aromatic N) is 2. The topological polar surface area (TPSA) is 114 Å². The minimum atomic E-state index is -1.30. The second-order valence-electron chi connectivity index (χ2n) is 3.38. The van der Waals surface area contributed by atoms with Crippen LogP contribution in [0.4, 0.5) is 4.39 Å². The smallest absolute Gasteiger partial charge is 0.323 e. The van der Waals surface area contributed by atoms with Gasteiger partial charge in [-0.15, -0.1) is 0 Å². The van der Waals surface area contributed by atoms with Gasteiger partial charge in [0.25, 0.3) is 5.91 Å². The number of hydrogen-bond acceptors (Lipinski definition) is 4. The zero-order valence-corrected chi connectivity index (χ0v) is 9.17. The van der Waals surface area contributed by atoms with Crippen molar-refractivity contribution in [2.45, 2.75) is 0 Å². The average molecular weight is 255 g/mol. The molecular formula is C10H10FN3O4. The molecule has 0 aromatic carbocycles. The van der Waals surface area contributed by atoms with Crippen LogP contribution in [0.15, 0.2) is 18.3 Å². The van der Waals surface area contributed by atoms with E-state index in [0.717, 1.165) is 18.3 Å². The van der Waals surface area contributed by atoms with Crippen molar-refractivity contribution < 1.29 is 23.9 Å². The molecule has 1 rings (SSSR count). The molecule has 2 amide bonds. The van der Waals surface area contributed by atoms with E-state index in [2.05, 4.69) is 4.98 Å². The fourth-order valence-corrected chi connectivity index (χ4v) is 1.22. The van der Waals surface area contributed by atoms with Crippen molar-refractivity contribution in [3.63, 3.8) is 0 Å². The van der Waals surface area contributed by atoms with Gasteiger partial charge < -0.3 is 15.7 Å². The van der Waals surface area contributed by atoms with E-state index in [1.807, 2.05) is 0 Å². The summed E-state index contributed by atoms with van der Waals surface area (Å²) in [6.45, 7) is -1.25. The lowest BCUT2D eigenvalue weighted by Gasteiger charge is -2.18. The number of amides is 2. The molecule has 1 heterocycles. The Morgan fingerprint density at radius 3 is 2.44 bits per heavy atom. The Morgan fingerprint density at radius 1 is 1.33 bits per heavy atom. The highest BCUT2D eigenvalue weighted by molar-refractivity contribution is 5.96. The van der Waals surface area contributed by atoms with E-state index in [1.54, 1.807) is 0 Å². The fraction of sp³-hybridized carbons (Fsp3) is 0.200. The van der Waals surface area contributed by atoms with E-state index >= 15 is 0 Å². The molecule has 8 heteroatoms. The maximum absolute atomic E-state index is 12.6. The summed E-state index contributed by atoms with van der Waals surface area (Å²) in [6, 6.07) is 2.09. The zero-order chi connectivity index (χ0) is 13.7. The number of aromatic nitrogens is 1.